The molecule has 0 aromatic heterocycles. The van der Waals surface area contributed by atoms with Crippen LogP contribution in [0.15, 0.2) is 97.1 Å². The smallest absolute Gasteiger partial charge is 0.120 e. The second-order valence-electron chi connectivity index (χ2n) is 8.73. The number of nitrogens with one attached hydrogen (secondary N) is 2. The molecule has 3 heteroatoms. The van der Waals surface area contributed by atoms with Gasteiger partial charge in [-0.05, 0) is 40.8 Å². The first-order valence-electron chi connectivity index (χ1n) is 12.0. The van der Waals surface area contributed by atoms with Crippen LogP contribution in [0.3, 0.4) is 0 Å². The quantitative estimate of drug-likeness (QED) is 0.243. The fourth-order valence-corrected chi connectivity index (χ4v) is 4.58. The fraction of sp³-hybridized carbons (Fsp3) is 0.267. The molecule has 0 aliphatic carbocycles. The van der Waals surface area contributed by atoms with Gasteiger partial charge in [0.05, 0.1) is 0 Å². The Morgan fingerprint density at radius 3 is 1.97 bits per heavy atom. The lowest BCUT2D eigenvalue weighted by molar-refractivity contribution is 0.368. The molecule has 33 heavy (non-hydrogen) atoms. The second-order valence-corrected chi connectivity index (χ2v) is 8.73. The number of rotatable bonds is 11. The van der Waals surface area contributed by atoms with E-state index in [1.807, 2.05) is 18.2 Å². The summed E-state index contributed by atoms with van der Waals surface area (Å²) in [5, 5.41) is 20.8. The SMILES string of the molecule is CCC[C@H](C[C@H](NCc1ccccc1)c1c(O)ccc2ccccc12)NCc1ccccc1. The van der Waals surface area contributed by atoms with E-state index in [2.05, 4.69) is 96.4 Å². The van der Waals surface area contributed by atoms with Crippen LogP contribution >= 0.6 is 0 Å². The minimum Gasteiger partial charge on any atom is -0.508 e. The third kappa shape index (κ3) is 6.22. The number of phenolic OH excluding ortho intramolecular Hbond substituents is 1. The Labute approximate surface area is 197 Å². The summed E-state index contributed by atoms with van der Waals surface area (Å²) in [4.78, 5) is 0. The lowest BCUT2D eigenvalue weighted by atomic mass is 9.91. The van der Waals surface area contributed by atoms with Gasteiger partial charge in [-0.3, -0.25) is 0 Å². The van der Waals surface area contributed by atoms with Crippen LogP contribution in [0.2, 0.25) is 0 Å². The molecule has 0 fully saturated rings. The van der Waals surface area contributed by atoms with Crippen molar-refractivity contribution in [3.63, 3.8) is 0 Å². The zero-order valence-electron chi connectivity index (χ0n) is 19.4. The minimum absolute atomic E-state index is 0.0242. The summed E-state index contributed by atoms with van der Waals surface area (Å²) in [5.74, 6) is 0.359. The third-order valence-electron chi connectivity index (χ3n) is 6.29. The molecular weight excluding hydrogens is 404 g/mol. The third-order valence-corrected chi connectivity index (χ3v) is 6.29. The predicted octanol–water partition coefficient (Wildman–Crippen LogP) is 6.72. The van der Waals surface area contributed by atoms with Crippen molar-refractivity contribution in [1.82, 2.24) is 10.6 Å². The first kappa shape index (κ1) is 23.0. The monoisotopic (exact) mass is 438 g/mol. The van der Waals surface area contributed by atoms with Gasteiger partial charge < -0.3 is 15.7 Å². The molecule has 4 rings (SSSR count). The van der Waals surface area contributed by atoms with E-state index >= 15 is 0 Å². The van der Waals surface area contributed by atoms with E-state index in [9.17, 15) is 5.11 Å². The highest BCUT2D eigenvalue weighted by Crippen LogP contribution is 2.35. The van der Waals surface area contributed by atoms with Gasteiger partial charge in [0, 0.05) is 30.7 Å². The van der Waals surface area contributed by atoms with E-state index in [-0.39, 0.29) is 6.04 Å². The first-order chi connectivity index (χ1) is 16.2. The van der Waals surface area contributed by atoms with E-state index in [4.69, 9.17) is 0 Å². The van der Waals surface area contributed by atoms with E-state index in [1.54, 1.807) is 0 Å². The van der Waals surface area contributed by atoms with Gasteiger partial charge in [0.15, 0.2) is 0 Å². The molecule has 0 bridgehead atoms. The normalized spacial score (nSPS) is 13.1. The molecule has 0 heterocycles. The van der Waals surface area contributed by atoms with Crippen LogP contribution in [0.1, 0.15) is 48.9 Å². The summed E-state index contributed by atoms with van der Waals surface area (Å²) >= 11 is 0. The topological polar surface area (TPSA) is 44.3 Å². The fourth-order valence-electron chi connectivity index (χ4n) is 4.58. The number of hydrogen-bond acceptors (Lipinski definition) is 3. The van der Waals surface area contributed by atoms with Crippen LogP contribution in [-0.2, 0) is 13.1 Å². The standard InChI is InChI=1S/C30H34N2O/c1-2-11-26(31-21-23-12-5-3-6-13-23)20-28(32-22-24-14-7-4-8-15-24)30-27-17-10-9-16-25(27)18-19-29(30)33/h3-10,12-19,26,28,31-33H,2,11,20-22H2,1H3/t26-,28+/m1/s1. The zero-order valence-corrected chi connectivity index (χ0v) is 19.4. The van der Waals surface area contributed by atoms with E-state index in [0.29, 0.717) is 11.8 Å². The molecule has 0 amide bonds. The van der Waals surface area contributed by atoms with E-state index in [0.717, 1.165) is 48.7 Å². The highest BCUT2D eigenvalue weighted by atomic mass is 16.3. The lowest BCUT2D eigenvalue weighted by Gasteiger charge is -2.27. The van der Waals surface area contributed by atoms with Gasteiger partial charge in [0.1, 0.15) is 5.75 Å². The van der Waals surface area contributed by atoms with Gasteiger partial charge in [-0.25, -0.2) is 0 Å². The molecule has 0 unspecified atom stereocenters. The summed E-state index contributed by atoms with van der Waals surface area (Å²) in [6.45, 7) is 3.84. The van der Waals surface area contributed by atoms with Gasteiger partial charge in [-0.15, -0.1) is 0 Å². The maximum Gasteiger partial charge on any atom is 0.120 e. The van der Waals surface area contributed by atoms with Crippen LogP contribution < -0.4 is 10.6 Å². The Hall–Kier alpha value is -3.14. The summed E-state index contributed by atoms with van der Waals surface area (Å²) in [6, 6.07) is 33.6. The molecule has 4 aromatic carbocycles. The molecule has 0 spiro atoms. The molecule has 3 N–H and O–H groups in total. The maximum atomic E-state index is 11.0. The molecular formula is C30H34N2O. The Morgan fingerprint density at radius 2 is 1.30 bits per heavy atom. The van der Waals surface area contributed by atoms with Gasteiger partial charge >= 0.3 is 0 Å². The van der Waals surface area contributed by atoms with Gasteiger partial charge in [0.25, 0.3) is 0 Å². The summed E-state index contributed by atoms with van der Waals surface area (Å²) < 4.78 is 0. The highest BCUT2D eigenvalue weighted by molar-refractivity contribution is 5.88. The molecule has 170 valence electrons. The largest absolute Gasteiger partial charge is 0.508 e. The number of phenols is 1. The molecule has 0 aliphatic heterocycles. The lowest BCUT2D eigenvalue weighted by Crippen LogP contribution is -2.34. The Balaban J connectivity index is 1.61. The molecule has 0 saturated carbocycles. The highest BCUT2D eigenvalue weighted by Gasteiger charge is 2.22. The molecule has 0 saturated heterocycles. The van der Waals surface area contributed by atoms with Crippen molar-refractivity contribution in [2.75, 3.05) is 0 Å². The Morgan fingerprint density at radius 1 is 0.697 bits per heavy atom. The van der Waals surface area contributed by atoms with Crippen molar-refractivity contribution in [3.8, 4) is 5.75 Å². The minimum atomic E-state index is 0.0242. The summed E-state index contributed by atoms with van der Waals surface area (Å²) in [6.07, 6.45) is 3.09. The molecule has 0 aliphatic rings. The predicted molar refractivity (Wildman–Crippen MR) is 138 cm³/mol. The van der Waals surface area contributed by atoms with Crippen LogP contribution in [0.4, 0.5) is 0 Å². The van der Waals surface area contributed by atoms with Crippen LogP contribution in [-0.4, -0.2) is 11.1 Å². The zero-order chi connectivity index (χ0) is 22.9. The van der Waals surface area contributed by atoms with Gasteiger partial charge in [-0.2, -0.15) is 0 Å². The first-order valence-corrected chi connectivity index (χ1v) is 12.0. The summed E-state index contributed by atoms with van der Waals surface area (Å²) in [5.41, 5.74) is 3.53. The summed E-state index contributed by atoms with van der Waals surface area (Å²) in [7, 11) is 0. The van der Waals surface area contributed by atoms with Gasteiger partial charge in [0.2, 0.25) is 0 Å². The molecule has 2 atom stereocenters. The van der Waals surface area contributed by atoms with Crippen LogP contribution in [0.5, 0.6) is 5.75 Å². The van der Waals surface area contributed by atoms with Crippen molar-refractivity contribution in [2.24, 2.45) is 0 Å². The van der Waals surface area contributed by atoms with Gasteiger partial charge in [-0.1, -0.05) is 104 Å². The molecule has 3 nitrogen and oxygen atoms in total. The maximum absolute atomic E-state index is 11.0. The Bertz CT molecular complexity index is 1130. The van der Waals surface area contributed by atoms with Crippen LogP contribution in [0.25, 0.3) is 10.8 Å². The van der Waals surface area contributed by atoms with Crippen molar-refractivity contribution >= 4 is 10.8 Å². The average molecular weight is 439 g/mol. The average Bonchev–Trinajstić information content (AvgIpc) is 2.86. The number of benzene rings is 4. The van der Waals surface area contributed by atoms with Crippen molar-refractivity contribution in [2.45, 2.75) is 51.4 Å². The van der Waals surface area contributed by atoms with Crippen molar-refractivity contribution < 1.29 is 5.11 Å². The second kappa shape index (κ2) is 11.6. The molecule has 0 radical (unpaired) electrons. The Kier molecular flexibility index (Phi) is 8.13. The number of fused-ring (bicyclic) bond motifs is 1. The molecule has 4 aromatic rings. The van der Waals surface area contributed by atoms with Crippen molar-refractivity contribution in [3.05, 3.63) is 114 Å². The number of hydrogen-bond donors (Lipinski definition) is 3. The van der Waals surface area contributed by atoms with E-state index < -0.39 is 0 Å². The number of aromatic hydroxyl groups is 1. The van der Waals surface area contributed by atoms with E-state index in [1.165, 1.54) is 11.1 Å². The van der Waals surface area contributed by atoms with Crippen LogP contribution in [0, 0.1) is 0 Å². The van der Waals surface area contributed by atoms with Crippen molar-refractivity contribution in [1.29, 1.82) is 0 Å².